The first-order valence-electron chi connectivity index (χ1n) is 5.85. The molecule has 0 aliphatic heterocycles. The van der Waals surface area contributed by atoms with Crippen LogP contribution in [0.5, 0.6) is 0 Å². The van der Waals surface area contributed by atoms with Gasteiger partial charge in [0.2, 0.25) is 0 Å². The van der Waals surface area contributed by atoms with Gasteiger partial charge in [0.15, 0.2) is 0 Å². The van der Waals surface area contributed by atoms with Crippen molar-refractivity contribution in [3.8, 4) is 0 Å². The van der Waals surface area contributed by atoms with Gasteiger partial charge in [-0.25, -0.2) is 0 Å². The average Bonchev–Trinajstić information content (AvgIpc) is 2.30. The molecule has 0 saturated carbocycles. The standard InChI is InChI=1S/C12H22N4S/c1-9(2)7-17-8-11(16-14)5-10-6-15-4-3-12(10)13/h3-4,6,9,11,16H,5,7-8,14H2,1-2H3,(H2,13,15). The van der Waals surface area contributed by atoms with Crippen LogP contribution < -0.4 is 17.0 Å². The molecule has 0 aliphatic carbocycles. The molecule has 5 N–H and O–H groups in total. The molecular formula is C12H22N4S. The Hall–Kier alpha value is -0.780. The maximum absolute atomic E-state index is 5.89. The van der Waals surface area contributed by atoms with Crippen LogP contribution in [-0.2, 0) is 6.42 Å². The number of hydrogen-bond acceptors (Lipinski definition) is 5. The van der Waals surface area contributed by atoms with Gasteiger partial charge in [-0.15, -0.1) is 0 Å². The Morgan fingerprint density at radius 2 is 2.18 bits per heavy atom. The molecule has 0 aromatic carbocycles. The highest BCUT2D eigenvalue weighted by atomic mass is 32.2. The second-order valence-electron chi connectivity index (χ2n) is 4.57. The van der Waals surface area contributed by atoms with Gasteiger partial charge in [0.05, 0.1) is 0 Å². The summed E-state index contributed by atoms with van der Waals surface area (Å²) >= 11 is 1.92. The molecule has 0 bridgehead atoms. The number of nitrogens with zero attached hydrogens (tertiary/aromatic N) is 1. The normalized spacial score (nSPS) is 12.9. The topological polar surface area (TPSA) is 77.0 Å². The third kappa shape index (κ3) is 5.39. The smallest absolute Gasteiger partial charge is 0.0378 e. The number of aromatic nitrogens is 1. The molecular weight excluding hydrogens is 232 g/mol. The minimum atomic E-state index is 0.241. The van der Waals surface area contributed by atoms with Crippen molar-refractivity contribution in [3.63, 3.8) is 0 Å². The SMILES string of the molecule is CC(C)CSCC(Cc1cnccc1N)NN. The maximum atomic E-state index is 5.89. The highest BCUT2D eigenvalue weighted by Crippen LogP contribution is 2.15. The molecule has 4 nitrogen and oxygen atoms in total. The Kier molecular flexibility index (Phi) is 6.32. The number of hydrazine groups is 1. The van der Waals surface area contributed by atoms with E-state index in [9.17, 15) is 0 Å². The van der Waals surface area contributed by atoms with Gasteiger partial charge in [0.25, 0.3) is 0 Å². The minimum absolute atomic E-state index is 0.241. The third-order valence-corrected chi connectivity index (χ3v) is 3.95. The minimum Gasteiger partial charge on any atom is -0.398 e. The first-order chi connectivity index (χ1) is 8.13. The summed E-state index contributed by atoms with van der Waals surface area (Å²) in [6.45, 7) is 4.44. The lowest BCUT2D eigenvalue weighted by Gasteiger charge is -2.17. The number of nitrogen functional groups attached to an aromatic ring is 1. The summed E-state index contributed by atoms with van der Waals surface area (Å²) in [6, 6.07) is 2.06. The molecule has 0 fully saturated rings. The fourth-order valence-corrected chi connectivity index (χ4v) is 2.59. The Morgan fingerprint density at radius 1 is 1.41 bits per heavy atom. The monoisotopic (exact) mass is 254 g/mol. The number of rotatable bonds is 7. The van der Waals surface area contributed by atoms with Crippen molar-refractivity contribution in [1.82, 2.24) is 10.4 Å². The molecule has 1 atom stereocenters. The van der Waals surface area contributed by atoms with E-state index in [0.717, 1.165) is 29.2 Å². The van der Waals surface area contributed by atoms with E-state index in [1.54, 1.807) is 6.20 Å². The van der Waals surface area contributed by atoms with Crippen LogP contribution in [0.15, 0.2) is 18.5 Å². The van der Waals surface area contributed by atoms with E-state index < -0.39 is 0 Å². The summed E-state index contributed by atoms with van der Waals surface area (Å²) < 4.78 is 0. The summed E-state index contributed by atoms with van der Waals surface area (Å²) in [6.07, 6.45) is 4.34. The molecule has 5 heteroatoms. The largest absolute Gasteiger partial charge is 0.398 e. The second kappa shape index (κ2) is 7.53. The molecule has 1 aromatic rings. The predicted molar refractivity (Wildman–Crippen MR) is 75.6 cm³/mol. The van der Waals surface area contributed by atoms with E-state index >= 15 is 0 Å². The van der Waals surface area contributed by atoms with Crippen LogP contribution in [0.3, 0.4) is 0 Å². The summed E-state index contributed by atoms with van der Waals surface area (Å²) in [4.78, 5) is 4.09. The lowest BCUT2D eigenvalue weighted by atomic mass is 10.1. The van der Waals surface area contributed by atoms with E-state index in [-0.39, 0.29) is 6.04 Å². The van der Waals surface area contributed by atoms with Crippen molar-refractivity contribution in [2.75, 3.05) is 17.2 Å². The molecule has 17 heavy (non-hydrogen) atoms. The molecule has 0 saturated heterocycles. The van der Waals surface area contributed by atoms with Crippen molar-refractivity contribution in [1.29, 1.82) is 0 Å². The maximum Gasteiger partial charge on any atom is 0.0378 e. The Balaban J connectivity index is 2.44. The molecule has 0 radical (unpaired) electrons. The van der Waals surface area contributed by atoms with Crippen LogP contribution >= 0.6 is 11.8 Å². The van der Waals surface area contributed by atoms with E-state index in [0.29, 0.717) is 5.92 Å². The van der Waals surface area contributed by atoms with E-state index in [1.807, 2.05) is 24.0 Å². The van der Waals surface area contributed by atoms with Gasteiger partial charge in [-0.3, -0.25) is 16.3 Å². The van der Waals surface area contributed by atoms with Crippen molar-refractivity contribution in [2.45, 2.75) is 26.3 Å². The first-order valence-corrected chi connectivity index (χ1v) is 7.01. The second-order valence-corrected chi connectivity index (χ2v) is 5.65. The lowest BCUT2D eigenvalue weighted by Crippen LogP contribution is -2.39. The van der Waals surface area contributed by atoms with E-state index in [2.05, 4.69) is 24.3 Å². The highest BCUT2D eigenvalue weighted by molar-refractivity contribution is 7.99. The first kappa shape index (κ1) is 14.3. The molecule has 1 aromatic heterocycles. The molecule has 0 amide bonds. The third-order valence-electron chi connectivity index (χ3n) is 2.41. The zero-order chi connectivity index (χ0) is 12.7. The van der Waals surface area contributed by atoms with Crippen LogP contribution in [-0.4, -0.2) is 22.5 Å². The lowest BCUT2D eigenvalue weighted by molar-refractivity contribution is 0.574. The molecule has 96 valence electrons. The molecule has 1 unspecified atom stereocenters. The summed E-state index contributed by atoms with van der Waals surface area (Å²) in [5.41, 5.74) is 10.6. The zero-order valence-corrected chi connectivity index (χ0v) is 11.3. The van der Waals surface area contributed by atoms with Crippen LogP contribution in [0.2, 0.25) is 0 Å². The van der Waals surface area contributed by atoms with Crippen molar-refractivity contribution < 1.29 is 0 Å². The number of thioether (sulfide) groups is 1. The molecule has 1 rings (SSSR count). The van der Waals surface area contributed by atoms with Gasteiger partial charge in [-0.1, -0.05) is 13.8 Å². The average molecular weight is 254 g/mol. The molecule has 0 aliphatic rings. The van der Waals surface area contributed by atoms with Gasteiger partial charge in [0, 0.05) is 29.9 Å². The predicted octanol–water partition coefficient (Wildman–Crippen LogP) is 1.43. The highest BCUT2D eigenvalue weighted by Gasteiger charge is 2.10. The van der Waals surface area contributed by atoms with Gasteiger partial charge < -0.3 is 5.73 Å². The van der Waals surface area contributed by atoms with Crippen LogP contribution in [0.1, 0.15) is 19.4 Å². The summed E-state index contributed by atoms with van der Waals surface area (Å²) in [5, 5.41) is 0. The number of nitrogens with two attached hydrogens (primary N) is 2. The Morgan fingerprint density at radius 3 is 2.76 bits per heavy atom. The Labute approximate surface area is 108 Å². The van der Waals surface area contributed by atoms with Crippen LogP contribution in [0.4, 0.5) is 5.69 Å². The van der Waals surface area contributed by atoms with Gasteiger partial charge in [-0.05, 0) is 29.7 Å². The van der Waals surface area contributed by atoms with Crippen molar-refractivity contribution in [3.05, 3.63) is 24.0 Å². The Bertz CT molecular complexity index is 330. The quantitative estimate of drug-likeness (QED) is 0.507. The fraction of sp³-hybridized carbons (Fsp3) is 0.583. The van der Waals surface area contributed by atoms with Crippen molar-refractivity contribution >= 4 is 17.4 Å². The van der Waals surface area contributed by atoms with Gasteiger partial charge in [0.1, 0.15) is 0 Å². The van der Waals surface area contributed by atoms with Gasteiger partial charge >= 0.3 is 0 Å². The van der Waals surface area contributed by atoms with Crippen LogP contribution in [0.25, 0.3) is 0 Å². The number of anilines is 1. The number of nitrogens with one attached hydrogen (secondary N) is 1. The number of hydrogen-bond donors (Lipinski definition) is 3. The van der Waals surface area contributed by atoms with E-state index in [4.69, 9.17) is 11.6 Å². The summed E-state index contributed by atoms with van der Waals surface area (Å²) in [7, 11) is 0. The molecule has 0 spiro atoms. The van der Waals surface area contributed by atoms with Gasteiger partial charge in [-0.2, -0.15) is 11.8 Å². The number of pyridine rings is 1. The van der Waals surface area contributed by atoms with Crippen LogP contribution in [0, 0.1) is 5.92 Å². The van der Waals surface area contributed by atoms with Crippen molar-refractivity contribution in [2.24, 2.45) is 11.8 Å². The van der Waals surface area contributed by atoms with E-state index in [1.165, 1.54) is 0 Å². The zero-order valence-electron chi connectivity index (χ0n) is 10.5. The molecule has 1 heterocycles. The summed E-state index contributed by atoms with van der Waals surface area (Å²) in [5.74, 6) is 8.42. The fourth-order valence-electron chi connectivity index (χ4n) is 1.49.